The molecular weight excluding hydrogens is 2020 g/mol. The van der Waals surface area contributed by atoms with Crippen molar-refractivity contribution in [3.8, 4) is 0 Å². The minimum Gasteiger partial charge on any atom is -1.00 e. The van der Waals surface area contributed by atoms with Gasteiger partial charge in [-0.05, 0) is 164 Å². The fourth-order valence-electron chi connectivity index (χ4n) is 10.1. The average Bonchev–Trinajstić information content (AvgIpc) is 0.768. The zero-order valence-corrected chi connectivity index (χ0v) is 91.1. The Balaban J connectivity index is -0.000000198. The fraction of sp³-hybridized carbons (Fsp3) is 0.939. The van der Waals surface area contributed by atoms with Gasteiger partial charge in [-0.25, -0.2) is 6.61 Å². The van der Waals surface area contributed by atoms with Crippen molar-refractivity contribution in [1.82, 2.24) is 0 Å². The van der Waals surface area contributed by atoms with Crippen LogP contribution in [0, 0.1) is 26.4 Å². The van der Waals surface area contributed by atoms with Gasteiger partial charge in [0, 0.05) is 39.7 Å². The number of hydrogen-bond acceptors (Lipinski definition) is 33. The van der Waals surface area contributed by atoms with E-state index in [0.717, 1.165) is 19.8 Å². The van der Waals surface area contributed by atoms with Crippen LogP contribution in [-0.2, 0) is 115 Å². The van der Waals surface area contributed by atoms with Crippen LogP contribution in [0.1, 0.15) is 164 Å². The standard InChI is InChI=1S/C14H29O6P.3C13H26O7P.C13H26O6P.4Ba.4H/c1-9(2)17-8-13-14(12(15)7-11(5)18-13)20-21(6,16)19-10(3)4;3*1-8(2)17-7-11-13(12(15)10(14)6-18-11)20-21(5,16)19-9(3)4;1-9(2)17-8-12-13(11(14)6-7-16-12)19-20(5,15)18-10(3)4;;;;;;;;/h9-15H,7-8H2,1-6H3;3*6,8-15H,7H2,1-5H3;7,9-14H,6,8H2,1-5H3;;;;;;;;/q;4*-1;4*+2;4*-1. The molecule has 5 aliphatic rings. The SMILES string of the molecule is CC(C)OCC1OC(C)CC(O)C1OP(C)(=O)OC(C)C.CC(C)OCC1O[CH-]C(O)C(O)C1OP(C)(=O)OC(C)C.CC(C)OCC1O[CH-]C(O)C(O)C1OP(C)(=O)OC(C)C.CC(C)OCC1O[CH-]C(O)C(O)C1OP(C)(=O)OC(C)C.CC(C)OCC1O[CH-]CC(O)C1OP(C)(=O)OC(C)C.[Ba+2].[Ba+2].[Ba+2].[Ba+2].[H-].[H-].[H-].[H-]. The maximum Gasteiger partial charge on any atom is 2.00 e. The summed E-state index contributed by atoms with van der Waals surface area (Å²) < 4.78 is 170. The zero-order valence-electron chi connectivity index (χ0n) is 72.9. The minimum atomic E-state index is -3.39. The Labute approximate surface area is 812 Å². The fourth-order valence-corrected chi connectivity index (χ4v) is 17.7. The Bertz CT molecular complexity index is 2440. The number of hydrogen-bond donors (Lipinski definition) is 8. The third kappa shape index (κ3) is 52.8. The third-order valence-electron chi connectivity index (χ3n) is 14.0. The van der Waals surface area contributed by atoms with Crippen molar-refractivity contribution in [3.05, 3.63) is 26.4 Å². The molecule has 5 saturated heterocycles. The van der Waals surface area contributed by atoms with Crippen LogP contribution in [0.5, 0.6) is 0 Å². The van der Waals surface area contributed by atoms with E-state index in [1.54, 1.807) is 69.2 Å². The van der Waals surface area contributed by atoms with Crippen LogP contribution in [0.4, 0.5) is 0 Å². The summed E-state index contributed by atoms with van der Waals surface area (Å²) in [5, 5.41) is 79.3. The van der Waals surface area contributed by atoms with E-state index in [-0.39, 0.29) is 301 Å². The summed E-state index contributed by atoms with van der Waals surface area (Å²) in [5.74, 6) is 0. The summed E-state index contributed by atoms with van der Waals surface area (Å²) in [4.78, 5) is 0. The second-order valence-corrected chi connectivity index (χ2v) is 38.5. The summed E-state index contributed by atoms with van der Waals surface area (Å²) in [5.41, 5.74) is 0. The van der Waals surface area contributed by atoms with Gasteiger partial charge in [-0.1, -0.05) is 0 Å². The van der Waals surface area contributed by atoms with Gasteiger partial charge >= 0.3 is 234 Å². The van der Waals surface area contributed by atoms with Gasteiger partial charge in [0.1, 0.15) is 36.6 Å². The van der Waals surface area contributed by atoms with Crippen molar-refractivity contribution in [2.45, 2.75) is 335 Å². The van der Waals surface area contributed by atoms with E-state index in [9.17, 15) is 63.7 Å². The number of rotatable bonds is 35. The van der Waals surface area contributed by atoms with E-state index >= 15 is 0 Å². The van der Waals surface area contributed by atoms with E-state index < -0.39 is 148 Å². The Hall–Kier alpha value is 6.32. The number of aliphatic hydroxyl groups excluding tert-OH is 8. The molecule has 24 atom stereocenters. The first-order valence-electron chi connectivity index (χ1n) is 35.5. The summed E-state index contributed by atoms with van der Waals surface area (Å²) in [6, 6.07) is 0. The van der Waals surface area contributed by atoms with Crippen LogP contribution >= 0.6 is 38.0 Å². The Morgan fingerprint density at radius 1 is 0.333 bits per heavy atom. The molecule has 24 unspecified atom stereocenters. The Morgan fingerprint density at radius 3 is 0.778 bits per heavy atom. The molecule has 0 aliphatic carbocycles. The van der Waals surface area contributed by atoms with E-state index in [4.69, 9.17) is 92.6 Å². The Kier molecular flexibility index (Phi) is 67.0. The maximum atomic E-state index is 12.4. The quantitative estimate of drug-likeness (QED) is 0.0170. The van der Waals surface area contributed by atoms with Crippen LogP contribution in [-0.4, -0.2) is 480 Å². The van der Waals surface area contributed by atoms with E-state index in [0.29, 0.717) is 12.8 Å². The molecule has 0 bridgehead atoms. The molecule has 8 N–H and O–H groups in total. The second-order valence-electron chi connectivity index (χ2n) is 28.7. The molecule has 0 amide bonds. The molecule has 5 fully saturated rings. The Morgan fingerprint density at radius 2 is 0.546 bits per heavy atom. The summed E-state index contributed by atoms with van der Waals surface area (Å²) in [6.07, 6.45) is -17.0. The third-order valence-corrected chi connectivity index (χ3v) is 21.1. The van der Waals surface area contributed by atoms with Gasteiger partial charge in [-0.15, -0.1) is 6.42 Å². The van der Waals surface area contributed by atoms with Crippen molar-refractivity contribution in [3.63, 3.8) is 0 Å². The van der Waals surface area contributed by atoms with Crippen LogP contribution in [0.25, 0.3) is 0 Å². The smallest absolute Gasteiger partial charge is 1.00 e. The molecule has 5 rings (SSSR count). The molecule has 5 aliphatic heterocycles. The van der Waals surface area contributed by atoms with Gasteiger partial charge in [-0.2, -0.15) is 19.8 Å². The zero-order chi connectivity index (χ0) is 80.2. The van der Waals surface area contributed by atoms with Crippen LogP contribution in [0.2, 0.25) is 0 Å². The van der Waals surface area contributed by atoms with Gasteiger partial charge in [-0.3, -0.25) is 40.9 Å². The van der Waals surface area contributed by atoms with Crippen LogP contribution < -0.4 is 0 Å². The van der Waals surface area contributed by atoms with Crippen molar-refractivity contribution >= 4 is 234 Å². The minimum absolute atomic E-state index is 0. The number of aliphatic hydroxyl groups is 8. The van der Waals surface area contributed by atoms with E-state index in [2.05, 4.69) is 0 Å². The molecule has 0 radical (unpaired) electrons. The summed E-state index contributed by atoms with van der Waals surface area (Å²) in [7, 11) is -16.7. The molecule has 108 heavy (non-hydrogen) atoms. The first kappa shape index (κ1) is 121. The van der Waals surface area contributed by atoms with Crippen LogP contribution in [0.15, 0.2) is 0 Å². The molecule has 5 heterocycles. The van der Waals surface area contributed by atoms with Gasteiger partial charge in [0.2, 0.25) is 0 Å². The van der Waals surface area contributed by atoms with Crippen LogP contribution in [0.3, 0.4) is 0 Å². The largest absolute Gasteiger partial charge is 2.00 e. The van der Waals surface area contributed by atoms with Gasteiger partial charge < -0.3 is 121 Å². The molecule has 42 heteroatoms. The monoisotopic (exact) mass is 2160 g/mol. The summed E-state index contributed by atoms with van der Waals surface area (Å²) >= 11 is 0. The van der Waals surface area contributed by atoms with E-state index in [1.165, 1.54) is 39.9 Å². The second kappa shape index (κ2) is 60.0. The molecule has 632 valence electrons. The molecule has 0 spiro atoms. The maximum absolute atomic E-state index is 12.4. The molecule has 33 nitrogen and oxygen atoms in total. The van der Waals surface area contributed by atoms with Gasteiger partial charge in [0.05, 0.1) is 155 Å². The predicted molar refractivity (Wildman–Crippen MR) is 414 cm³/mol. The topological polar surface area (TPSA) is 432 Å². The van der Waals surface area contributed by atoms with Crippen molar-refractivity contribution in [1.29, 1.82) is 0 Å². The normalized spacial score (nSPS) is 31.6. The molecule has 0 saturated carbocycles. The van der Waals surface area contributed by atoms with Gasteiger partial charge in [0.15, 0.2) is 0 Å². The average molecular weight is 2160 g/mol. The number of ether oxygens (including phenoxy) is 10. The molecule has 0 aromatic carbocycles. The molecule has 0 aromatic heterocycles. The molecular formula is C66H137Ba4O33P5. The van der Waals surface area contributed by atoms with E-state index in [1.807, 2.05) is 76.2 Å². The van der Waals surface area contributed by atoms with Crippen molar-refractivity contribution < 1.29 is 162 Å². The first-order valence-corrected chi connectivity index (χ1v) is 45.5. The summed E-state index contributed by atoms with van der Waals surface area (Å²) in [6.45, 7) is 50.9. The van der Waals surface area contributed by atoms with Crippen molar-refractivity contribution in [2.24, 2.45) is 0 Å². The predicted octanol–water partition coefficient (Wildman–Crippen LogP) is 7.85. The van der Waals surface area contributed by atoms with Gasteiger partial charge in [0.25, 0.3) is 0 Å². The van der Waals surface area contributed by atoms with Crippen molar-refractivity contribution in [2.75, 3.05) is 66.4 Å². The molecule has 0 aromatic rings. The first-order chi connectivity index (χ1) is 47.7.